The van der Waals surface area contributed by atoms with E-state index in [1.54, 1.807) is 0 Å². The number of nitrogen functional groups attached to an aromatic ring is 1. The zero-order chi connectivity index (χ0) is 15.2. The summed E-state index contributed by atoms with van der Waals surface area (Å²) < 4.78 is 0. The molecule has 1 aromatic carbocycles. The van der Waals surface area contributed by atoms with Crippen molar-refractivity contribution < 1.29 is 0 Å². The minimum absolute atomic E-state index is 0.570. The number of hydrogen-bond acceptors (Lipinski definition) is 3. The van der Waals surface area contributed by atoms with Gasteiger partial charge in [-0.25, -0.2) is 0 Å². The highest BCUT2D eigenvalue weighted by Crippen LogP contribution is 2.19. The quantitative estimate of drug-likeness (QED) is 0.815. The predicted molar refractivity (Wildman–Crippen MR) is 91.3 cm³/mol. The summed E-state index contributed by atoms with van der Waals surface area (Å²) in [6, 6.07) is 9.62. The number of piperidine rings is 1. The van der Waals surface area contributed by atoms with Crippen molar-refractivity contribution in [2.45, 2.75) is 58.2 Å². The molecule has 1 saturated heterocycles. The average molecular weight is 289 g/mol. The van der Waals surface area contributed by atoms with E-state index in [4.69, 9.17) is 5.73 Å². The van der Waals surface area contributed by atoms with Crippen LogP contribution in [0.5, 0.6) is 0 Å². The molecule has 1 heterocycles. The molecule has 118 valence electrons. The molecule has 0 bridgehead atoms. The summed E-state index contributed by atoms with van der Waals surface area (Å²) in [5, 5.41) is 0. The maximum Gasteiger partial charge on any atom is 0.0317 e. The number of likely N-dealkylation sites (tertiary alicyclic amines) is 1. The highest BCUT2D eigenvalue weighted by molar-refractivity contribution is 5.40. The second-order valence-electron chi connectivity index (χ2n) is 6.73. The number of benzene rings is 1. The smallest absolute Gasteiger partial charge is 0.0317 e. The van der Waals surface area contributed by atoms with Crippen LogP contribution in [0.15, 0.2) is 24.3 Å². The van der Waals surface area contributed by atoms with E-state index in [9.17, 15) is 0 Å². The Bertz CT molecular complexity index is 430. The van der Waals surface area contributed by atoms with Gasteiger partial charge in [-0.3, -0.25) is 4.90 Å². The molecule has 21 heavy (non-hydrogen) atoms. The van der Waals surface area contributed by atoms with Gasteiger partial charge in [-0.05, 0) is 64.4 Å². The topological polar surface area (TPSA) is 32.5 Å². The van der Waals surface area contributed by atoms with Crippen LogP contribution in [-0.2, 0) is 6.54 Å². The maximum absolute atomic E-state index is 5.89. The fraction of sp³-hybridized carbons (Fsp3) is 0.667. The monoisotopic (exact) mass is 289 g/mol. The fourth-order valence-electron chi connectivity index (χ4n) is 3.27. The van der Waals surface area contributed by atoms with Gasteiger partial charge in [-0.1, -0.05) is 18.6 Å². The van der Waals surface area contributed by atoms with Crippen molar-refractivity contribution in [2.24, 2.45) is 0 Å². The van der Waals surface area contributed by atoms with E-state index in [-0.39, 0.29) is 0 Å². The molecule has 0 aliphatic carbocycles. The molecule has 2 N–H and O–H groups in total. The first-order valence-electron chi connectivity index (χ1n) is 8.35. The van der Waals surface area contributed by atoms with Crippen molar-refractivity contribution in [1.29, 1.82) is 0 Å². The number of nitrogens with zero attached hydrogens (tertiary/aromatic N) is 2. The van der Waals surface area contributed by atoms with Gasteiger partial charge in [0.25, 0.3) is 0 Å². The summed E-state index contributed by atoms with van der Waals surface area (Å²) in [7, 11) is 2.28. The Labute approximate surface area is 130 Å². The third-order valence-corrected chi connectivity index (χ3v) is 4.74. The van der Waals surface area contributed by atoms with Crippen LogP contribution in [-0.4, -0.2) is 42.0 Å². The minimum atomic E-state index is 0.570. The van der Waals surface area contributed by atoms with Crippen LogP contribution < -0.4 is 5.73 Å². The molecule has 1 fully saturated rings. The first kappa shape index (κ1) is 16.3. The van der Waals surface area contributed by atoms with E-state index in [1.807, 2.05) is 6.07 Å². The Morgan fingerprint density at radius 1 is 1.33 bits per heavy atom. The van der Waals surface area contributed by atoms with Gasteiger partial charge in [-0.2, -0.15) is 0 Å². The molecule has 2 rings (SSSR count). The lowest BCUT2D eigenvalue weighted by Crippen LogP contribution is -2.40. The van der Waals surface area contributed by atoms with Crippen LogP contribution in [0.1, 0.15) is 45.1 Å². The van der Waals surface area contributed by atoms with Gasteiger partial charge in [0.05, 0.1) is 0 Å². The summed E-state index contributed by atoms with van der Waals surface area (Å²) in [6.45, 7) is 8.01. The van der Waals surface area contributed by atoms with E-state index in [1.165, 1.54) is 44.3 Å². The Morgan fingerprint density at radius 3 is 2.81 bits per heavy atom. The lowest BCUT2D eigenvalue weighted by molar-refractivity contribution is 0.138. The molecule has 1 aliphatic heterocycles. The molecule has 1 aliphatic rings. The van der Waals surface area contributed by atoms with Gasteiger partial charge in [-0.15, -0.1) is 0 Å². The first-order chi connectivity index (χ1) is 10.1. The zero-order valence-corrected chi connectivity index (χ0v) is 13.9. The predicted octanol–water partition coefficient (Wildman–Crippen LogP) is 3.35. The largest absolute Gasteiger partial charge is 0.399 e. The van der Waals surface area contributed by atoms with Crippen LogP contribution >= 0.6 is 0 Å². The zero-order valence-electron chi connectivity index (χ0n) is 13.9. The molecule has 1 atom stereocenters. The summed E-state index contributed by atoms with van der Waals surface area (Å²) in [6.07, 6.45) is 5.40. The number of anilines is 1. The van der Waals surface area contributed by atoms with E-state index in [0.29, 0.717) is 6.04 Å². The lowest BCUT2D eigenvalue weighted by atomic mass is 9.99. The van der Waals surface area contributed by atoms with Crippen LogP contribution in [0.4, 0.5) is 5.69 Å². The third kappa shape index (κ3) is 5.01. The van der Waals surface area contributed by atoms with E-state index < -0.39 is 0 Å². The molecule has 0 aromatic heterocycles. The molecule has 0 amide bonds. The third-order valence-electron chi connectivity index (χ3n) is 4.74. The van der Waals surface area contributed by atoms with Crippen molar-refractivity contribution in [3.8, 4) is 0 Å². The minimum Gasteiger partial charge on any atom is -0.399 e. The second-order valence-corrected chi connectivity index (χ2v) is 6.73. The molecule has 3 heteroatoms. The van der Waals surface area contributed by atoms with Crippen molar-refractivity contribution in [3.05, 3.63) is 29.8 Å². The number of rotatable bonds is 6. The molecule has 1 unspecified atom stereocenters. The van der Waals surface area contributed by atoms with Crippen LogP contribution in [0.2, 0.25) is 0 Å². The maximum atomic E-state index is 5.89. The van der Waals surface area contributed by atoms with E-state index >= 15 is 0 Å². The Morgan fingerprint density at radius 2 is 2.14 bits per heavy atom. The first-order valence-corrected chi connectivity index (χ1v) is 8.35. The highest BCUT2D eigenvalue weighted by atomic mass is 15.2. The average Bonchev–Trinajstić information content (AvgIpc) is 2.44. The lowest BCUT2D eigenvalue weighted by Gasteiger charge is -2.35. The second kappa shape index (κ2) is 7.81. The van der Waals surface area contributed by atoms with Gasteiger partial charge in [0, 0.05) is 30.9 Å². The van der Waals surface area contributed by atoms with Crippen LogP contribution in [0.3, 0.4) is 0 Å². The van der Waals surface area contributed by atoms with Crippen molar-refractivity contribution in [2.75, 3.05) is 25.9 Å². The molecule has 1 aromatic rings. The molecule has 0 radical (unpaired) electrons. The summed E-state index contributed by atoms with van der Waals surface area (Å²) in [5.74, 6) is 0. The summed E-state index contributed by atoms with van der Waals surface area (Å²) in [4.78, 5) is 5.11. The van der Waals surface area contributed by atoms with Gasteiger partial charge >= 0.3 is 0 Å². The molecular weight excluding hydrogens is 258 g/mol. The molecule has 3 nitrogen and oxygen atoms in total. The van der Waals surface area contributed by atoms with Crippen LogP contribution in [0, 0.1) is 0 Å². The van der Waals surface area contributed by atoms with Crippen LogP contribution in [0.25, 0.3) is 0 Å². The normalized spacial score (nSPS) is 20.3. The summed E-state index contributed by atoms with van der Waals surface area (Å²) in [5.41, 5.74) is 8.08. The van der Waals surface area contributed by atoms with Gasteiger partial charge in [0.1, 0.15) is 0 Å². The van der Waals surface area contributed by atoms with Crippen molar-refractivity contribution in [1.82, 2.24) is 9.80 Å². The highest BCUT2D eigenvalue weighted by Gasteiger charge is 2.20. The standard InChI is InChI=1S/C18H31N3/c1-15(2)21(14-16-7-6-8-17(19)13-16)12-10-18-9-4-5-11-20(18)3/h6-8,13,15,18H,4-5,9-12,14,19H2,1-3H3. The number of hydrogen-bond donors (Lipinski definition) is 1. The fourth-order valence-corrected chi connectivity index (χ4v) is 3.27. The Balaban J connectivity index is 1.90. The molecular formula is C18H31N3. The Hall–Kier alpha value is -1.06. The summed E-state index contributed by atoms with van der Waals surface area (Å²) >= 11 is 0. The number of nitrogens with two attached hydrogens (primary N) is 1. The van der Waals surface area contributed by atoms with E-state index in [2.05, 4.69) is 48.9 Å². The van der Waals surface area contributed by atoms with E-state index in [0.717, 1.165) is 18.3 Å². The molecule has 0 spiro atoms. The Kier molecular flexibility index (Phi) is 6.07. The van der Waals surface area contributed by atoms with Gasteiger partial charge in [0.2, 0.25) is 0 Å². The molecule has 0 saturated carbocycles. The SMILES string of the molecule is CC(C)N(CCC1CCCCN1C)Cc1cccc(N)c1. The van der Waals surface area contributed by atoms with Gasteiger partial charge < -0.3 is 10.6 Å². The van der Waals surface area contributed by atoms with Gasteiger partial charge in [0.15, 0.2) is 0 Å². The van der Waals surface area contributed by atoms with Crippen molar-refractivity contribution in [3.63, 3.8) is 0 Å². The van der Waals surface area contributed by atoms with Crippen molar-refractivity contribution >= 4 is 5.69 Å².